The number of amides is 1. The van der Waals surface area contributed by atoms with E-state index in [1.807, 2.05) is 43.5 Å². The quantitative estimate of drug-likeness (QED) is 0.781. The Morgan fingerprint density at radius 3 is 2.62 bits per heavy atom. The van der Waals surface area contributed by atoms with Crippen molar-refractivity contribution < 1.29 is 9.18 Å². The minimum Gasteiger partial charge on any atom is -0.354 e. The van der Waals surface area contributed by atoms with Crippen molar-refractivity contribution in [3.8, 4) is 0 Å². The largest absolute Gasteiger partial charge is 0.354 e. The summed E-state index contributed by atoms with van der Waals surface area (Å²) in [6, 6.07) is 8.65. The molecule has 4 nitrogen and oxygen atoms in total. The molecule has 0 bridgehead atoms. The molecule has 0 aliphatic carbocycles. The SMILES string of the molecule is CN(C)CCCN1C(=O)C(CCn2cccc2)c2cc(F)ccc21. The Morgan fingerprint density at radius 1 is 1.17 bits per heavy atom. The summed E-state index contributed by atoms with van der Waals surface area (Å²) in [5, 5.41) is 0. The van der Waals surface area contributed by atoms with Crippen LogP contribution in [0.1, 0.15) is 24.3 Å². The van der Waals surface area contributed by atoms with Crippen LogP contribution in [0.4, 0.5) is 10.1 Å². The molecule has 1 amide bonds. The number of nitrogens with zero attached hydrogens (tertiary/aromatic N) is 3. The molecule has 1 atom stereocenters. The molecule has 0 N–H and O–H groups in total. The first-order valence-electron chi connectivity index (χ1n) is 8.42. The van der Waals surface area contributed by atoms with Crippen molar-refractivity contribution in [3.05, 3.63) is 54.1 Å². The van der Waals surface area contributed by atoms with Crippen LogP contribution in [0.15, 0.2) is 42.7 Å². The standard InChI is InChI=1S/C19H24FN3O/c1-21(2)9-5-12-23-18-7-6-15(20)14-17(18)16(19(23)24)8-13-22-10-3-4-11-22/h3-4,6-7,10-11,14,16H,5,8-9,12-13H2,1-2H3. The van der Waals surface area contributed by atoms with Gasteiger partial charge in [0.15, 0.2) is 0 Å². The summed E-state index contributed by atoms with van der Waals surface area (Å²) in [5.74, 6) is -0.429. The van der Waals surface area contributed by atoms with E-state index in [9.17, 15) is 9.18 Å². The molecule has 24 heavy (non-hydrogen) atoms. The summed E-state index contributed by atoms with van der Waals surface area (Å²) >= 11 is 0. The second kappa shape index (κ2) is 7.18. The molecule has 0 saturated heterocycles. The summed E-state index contributed by atoms with van der Waals surface area (Å²) in [6.45, 7) is 2.36. The molecule has 128 valence electrons. The van der Waals surface area contributed by atoms with Crippen molar-refractivity contribution in [1.82, 2.24) is 9.47 Å². The number of anilines is 1. The molecule has 1 aromatic carbocycles. The number of carbonyl (C=O) groups excluding carboxylic acids is 1. The van der Waals surface area contributed by atoms with E-state index in [1.165, 1.54) is 12.1 Å². The Hall–Kier alpha value is -2.14. The number of rotatable bonds is 7. The van der Waals surface area contributed by atoms with Crippen LogP contribution in [0, 0.1) is 5.82 Å². The van der Waals surface area contributed by atoms with Gasteiger partial charge in [-0.2, -0.15) is 0 Å². The fraction of sp³-hybridized carbons (Fsp3) is 0.421. The number of benzene rings is 1. The van der Waals surface area contributed by atoms with E-state index in [-0.39, 0.29) is 17.6 Å². The minimum atomic E-state index is -0.275. The average Bonchev–Trinajstić information content (AvgIpc) is 3.13. The average molecular weight is 329 g/mol. The molecule has 0 radical (unpaired) electrons. The molecule has 1 unspecified atom stereocenters. The second-order valence-corrected chi connectivity index (χ2v) is 6.61. The van der Waals surface area contributed by atoms with E-state index in [1.54, 1.807) is 6.07 Å². The lowest BCUT2D eigenvalue weighted by atomic mass is 9.97. The monoisotopic (exact) mass is 329 g/mol. The van der Waals surface area contributed by atoms with Gasteiger partial charge < -0.3 is 14.4 Å². The lowest BCUT2D eigenvalue weighted by Gasteiger charge is -2.19. The first-order valence-corrected chi connectivity index (χ1v) is 8.42. The van der Waals surface area contributed by atoms with Gasteiger partial charge in [0.2, 0.25) is 5.91 Å². The van der Waals surface area contributed by atoms with Gasteiger partial charge >= 0.3 is 0 Å². The van der Waals surface area contributed by atoms with Gasteiger partial charge in [-0.25, -0.2) is 4.39 Å². The van der Waals surface area contributed by atoms with E-state index in [0.717, 1.165) is 30.8 Å². The first-order chi connectivity index (χ1) is 11.6. The summed E-state index contributed by atoms with van der Waals surface area (Å²) in [5.41, 5.74) is 1.70. The van der Waals surface area contributed by atoms with Crippen LogP contribution in [-0.4, -0.2) is 42.6 Å². The molecule has 1 aromatic heterocycles. The molecular formula is C19H24FN3O. The van der Waals surface area contributed by atoms with Crippen LogP contribution in [0.2, 0.25) is 0 Å². The Bertz CT molecular complexity index is 697. The highest BCUT2D eigenvalue weighted by molar-refractivity contribution is 6.04. The van der Waals surface area contributed by atoms with Crippen molar-refractivity contribution >= 4 is 11.6 Å². The summed E-state index contributed by atoms with van der Waals surface area (Å²) in [7, 11) is 4.05. The topological polar surface area (TPSA) is 28.5 Å². The van der Waals surface area contributed by atoms with Gasteiger partial charge in [-0.15, -0.1) is 0 Å². The van der Waals surface area contributed by atoms with E-state index >= 15 is 0 Å². The molecule has 0 fully saturated rings. The normalized spacial score (nSPS) is 16.9. The third-order valence-electron chi connectivity index (χ3n) is 4.55. The Morgan fingerprint density at radius 2 is 1.92 bits per heavy atom. The van der Waals surface area contributed by atoms with E-state index < -0.39 is 0 Å². The predicted molar refractivity (Wildman–Crippen MR) is 93.7 cm³/mol. The molecule has 5 heteroatoms. The zero-order valence-electron chi connectivity index (χ0n) is 14.3. The smallest absolute Gasteiger partial charge is 0.234 e. The molecule has 0 spiro atoms. The van der Waals surface area contributed by atoms with Gasteiger partial charge in [0.25, 0.3) is 0 Å². The molecule has 1 aliphatic heterocycles. The first kappa shape index (κ1) is 16.7. The maximum Gasteiger partial charge on any atom is 0.234 e. The van der Waals surface area contributed by atoms with Gasteiger partial charge in [0.05, 0.1) is 5.92 Å². The Balaban J connectivity index is 1.77. The van der Waals surface area contributed by atoms with Gasteiger partial charge in [0.1, 0.15) is 5.82 Å². The van der Waals surface area contributed by atoms with Crippen molar-refractivity contribution in [2.24, 2.45) is 0 Å². The maximum atomic E-state index is 13.7. The highest BCUT2D eigenvalue weighted by Crippen LogP contribution is 2.39. The molecule has 2 heterocycles. The summed E-state index contributed by atoms with van der Waals surface area (Å²) < 4.78 is 15.8. The second-order valence-electron chi connectivity index (χ2n) is 6.61. The Labute approximate surface area is 142 Å². The van der Waals surface area contributed by atoms with Gasteiger partial charge in [-0.3, -0.25) is 4.79 Å². The van der Waals surface area contributed by atoms with Crippen molar-refractivity contribution in [3.63, 3.8) is 0 Å². The van der Waals surface area contributed by atoms with Gasteiger partial charge in [0, 0.05) is 31.2 Å². The highest BCUT2D eigenvalue weighted by Gasteiger charge is 2.36. The molecular weight excluding hydrogens is 305 g/mol. The molecule has 3 rings (SSSR count). The Kier molecular flexibility index (Phi) is 5.00. The number of carbonyl (C=O) groups is 1. The number of aromatic nitrogens is 1. The van der Waals surface area contributed by atoms with Crippen molar-refractivity contribution in [1.29, 1.82) is 0 Å². The van der Waals surface area contributed by atoms with Gasteiger partial charge in [-0.1, -0.05) is 0 Å². The third-order valence-corrected chi connectivity index (χ3v) is 4.55. The summed E-state index contributed by atoms with van der Waals surface area (Å²) in [4.78, 5) is 16.8. The number of halogens is 1. The fourth-order valence-electron chi connectivity index (χ4n) is 3.34. The van der Waals surface area contributed by atoms with Crippen LogP contribution >= 0.6 is 0 Å². The lowest BCUT2D eigenvalue weighted by molar-refractivity contribution is -0.119. The maximum absolute atomic E-state index is 13.7. The van der Waals surface area contributed by atoms with Crippen LogP contribution in [0.5, 0.6) is 0 Å². The predicted octanol–water partition coefficient (Wildman–Crippen LogP) is 3.10. The van der Waals surface area contributed by atoms with Crippen molar-refractivity contribution in [2.45, 2.75) is 25.3 Å². The van der Waals surface area contributed by atoms with Crippen LogP contribution < -0.4 is 4.90 Å². The van der Waals surface area contributed by atoms with Crippen molar-refractivity contribution in [2.75, 3.05) is 32.1 Å². The highest BCUT2D eigenvalue weighted by atomic mass is 19.1. The van der Waals surface area contributed by atoms with Crippen LogP contribution in [-0.2, 0) is 11.3 Å². The van der Waals surface area contributed by atoms with E-state index in [0.29, 0.717) is 13.0 Å². The van der Waals surface area contributed by atoms with E-state index in [2.05, 4.69) is 9.47 Å². The van der Waals surface area contributed by atoms with E-state index in [4.69, 9.17) is 0 Å². The summed E-state index contributed by atoms with van der Waals surface area (Å²) in [6.07, 6.45) is 5.57. The fourth-order valence-corrected chi connectivity index (χ4v) is 3.34. The van der Waals surface area contributed by atoms with Gasteiger partial charge in [-0.05, 0) is 69.4 Å². The zero-order valence-corrected chi connectivity index (χ0v) is 14.3. The number of hydrogen-bond acceptors (Lipinski definition) is 2. The van der Waals surface area contributed by atoms with Crippen LogP contribution in [0.3, 0.4) is 0 Å². The number of hydrogen-bond donors (Lipinski definition) is 0. The zero-order chi connectivity index (χ0) is 17.1. The number of aryl methyl sites for hydroxylation is 1. The van der Waals surface area contributed by atoms with Crippen LogP contribution in [0.25, 0.3) is 0 Å². The lowest BCUT2D eigenvalue weighted by Crippen LogP contribution is -2.31. The molecule has 0 saturated carbocycles. The number of fused-ring (bicyclic) bond motifs is 1. The molecule has 2 aromatic rings. The third kappa shape index (κ3) is 3.51. The molecule has 1 aliphatic rings. The minimum absolute atomic E-state index is 0.0986.